The summed E-state index contributed by atoms with van der Waals surface area (Å²) in [7, 11) is 0. The van der Waals surface area contributed by atoms with Crippen LogP contribution >= 0.6 is 0 Å². The molecule has 0 heterocycles. The van der Waals surface area contributed by atoms with Crippen LogP contribution in [0.5, 0.6) is 0 Å². The summed E-state index contributed by atoms with van der Waals surface area (Å²) in [5.74, 6) is -0.206. The van der Waals surface area contributed by atoms with Gasteiger partial charge in [-0.05, 0) is 37.5 Å². The van der Waals surface area contributed by atoms with E-state index in [-0.39, 0.29) is 24.4 Å². The molecular weight excluding hydrogens is 312 g/mol. The van der Waals surface area contributed by atoms with Crippen molar-refractivity contribution in [2.75, 3.05) is 6.54 Å². The van der Waals surface area contributed by atoms with Crippen LogP contribution < -0.4 is 5.32 Å². The molecule has 2 amide bonds. The van der Waals surface area contributed by atoms with E-state index in [0.717, 1.165) is 16.7 Å². The molecular formula is C21H26N2O2. The smallest absolute Gasteiger partial charge is 0.242 e. The van der Waals surface area contributed by atoms with Gasteiger partial charge in [-0.15, -0.1) is 0 Å². The SMILES string of the molecule is Cc1ccccc1CC(=O)NCC(=O)N(Cc1ccccc1)C(C)C. The zero-order valence-electron chi connectivity index (χ0n) is 15.2. The molecule has 1 N–H and O–H groups in total. The van der Waals surface area contributed by atoms with E-state index >= 15 is 0 Å². The van der Waals surface area contributed by atoms with Crippen molar-refractivity contribution in [3.05, 3.63) is 71.3 Å². The van der Waals surface area contributed by atoms with Gasteiger partial charge in [-0.2, -0.15) is 0 Å². The van der Waals surface area contributed by atoms with Crippen LogP contribution in [0.4, 0.5) is 0 Å². The van der Waals surface area contributed by atoms with E-state index in [1.54, 1.807) is 4.90 Å². The van der Waals surface area contributed by atoms with Gasteiger partial charge in [0.1, 0.15) is 0 Å². The first-order valence-electron chi connectivity index (χ1n) is 8.62. The van der Waals surface area contributed by atoms with Gasteiger partial charge in [0.05, 0.1) is 13.0 Å². The molecule has 0 aromatic heterocycles. The number of benzene rings is 2. The Kier molecular flexibility index (Phi) is 6.75. The maximum atomic E-state index is 12.5. The average Bonchev–Trinajstić information content (AvgIpc) is 2.60. The number of hydrogen-bond donors (Lipinski definition) is 1. The monoisotopic (exact) mass is 338 g/mol. The molecule has 0 aliphatic heterocycles. The Labute approximate surface area is 149 Å². The van der Waals surface area contributed by atoms with Crippen LogP contribution in [0.15, 0.2) is 54.6 Å². The number of hydrogen-bond acceptors (Lipinski definition) is 2. The van der Waals surface area contributed by atoms with Crippen LogP contribution in [0.25, 0.3) is 0 Å². The lowest BCUT2D eigenvalue weighted by atomic mass is 10.1. The number of rotatable bonds is 7. The third-order valence-electron chi connectivity index (χ3n) is 4.19. The Hall–Kier alpha value is -2.62. The average molecular weight is 338 g/mol. The molecule has 0 unspecified atom stereocenters. The second-order valence-corrected chi connectivity index (χ2v) is 6.48. The van der Waals surface area contributed by atoms with E-state index in [1.165, 1.54) is 0 Å². The lowest BCUT2D eigenvalue weighted by Gasteiger charge is -2.27. The molecule has 0 saturated carbocycles. The minimum Gasteiger partial charge on any atom is -0.347 e. The predicted octanol–water partition coefficient (Wildman–Crippen LogP) is 3.09. The topological polar surface area (TPSA) is 49.4 Å². The molecule has 0 aliphatic rings. The number of carbonyl (C=O) groups excluding carboxylic acids is 2. The fraction of sp³-hybridized carbons (Fsp3) is 0.333. The number of nitrogens with zero attached hydrogens (tertiary/aromatic N) is 1. The lowest BCUT2D eigenvalue weighted by molar-refractivity contribution is -0.134. The van der Waals surface area contributed by atoms with Crippen LogP contribution in [-0.2, 0) is 22.6 Å². The second-order valence-electron chi connectivity index (χ2n) is 6.48. The Morgan fingerprint density at radius 1 is 1.00 bits per heavy atom. The van der Waals surface area contributed by atoms with Gasteiger partial charge in [0, 0.05) is 12.6 Å². The summed E-state index contributed by atoms with van der Waals surface area (Å²) in [4.78, 5) is 26.4. The summed E-state index contributed by atoms with van der Waals surface area (Å²) in [6, 6.07) is 17.7. The van der Waals surface area contributed by atoms with E-state index in [1.807, 2.05) is 75.4 Å². The molecule has 0 atom stereocenters. The third kappa shape index (κ3) is 5.75. The standard InChI is InChI=1S/C21H26N2O2/c1-16(2)23(15-18-10-5-4-6-11-18)21(25)14-22-20(24)13-19-12-8-7-9-17(19)3/h4-12,16H,13-15H2,1-3H3,(H,22,24). The van der Waals surface area contributed by atoms with Crippen LogP contribution in [0, 0.1) is 6.92 Å². The fourth-order valence-corrected chi connectivity index (χ4v) is 2.66. The van der Waals surface area contributed by atoms with E-state index in [9.17, 15) is 9.59 Å². The Bertz CT molecular complexity index is 711. The zero-order chi connectivity index (χ0) is 18.2. The number of nitrogens with one attached hydrogen (secondary N) is 1. The molecule has 2 aromatic carbocycles. The molecule has 4 heteroatoms. The Morgan fingerprint density at radius 2 is 1.64 bits per heavy atom. The quantitative estimate of drug-likeness (QED) is 0.843. The van der Waals surface area contributed by atoms with Gasteiger partial charge < -0.3 is 10.2 Å². The maximum Gasteiger partial charge on any atom is 0.242 e. The first-order valence-corrected chi connectivity index (χ1v) is 8.62. The van der Waals surface area contributed by atoms with Gasteiger partial charge in [-0.25, -0.2) is 0 Å². The summed E-state index contributed by atoms with van der Waals surface area (Å²) in [5, 5.41) is 2.75. The van der Waals surface area contributed by atoms with Gasteiger partial charge in [-0.3, -0.25) is 9.59 Å². The van der Waals surface area contributed by atoms with Gasteiger partial charge in [0.25, 0.3) is 0 Å². The highest BCUT2D eigenvalue weighted by molar-refractivity contribution is 5.86. The largest absolute Gasteiger partial charge is 0.347 e. The predicted molar refractivity (Wildman–Crippen MR) is 100 cm³/mol. The van der Waals surface area contributed by atoms with Gasteiger partial charge in [0.2, 0.25) is 11.8 Å². The van der Waals surface area contributed by atoms with Crippen LogP contribution in [0.2, 0.25) is 0 Å². The van der Waals surface area contributed by atoms with Crippen molar-refractivity contribution in [1.29, 1.82) is 0 Å². The Morgan fingerprint density at radius 3 is 2.28 bits per heavy atom. The van der Waals surface area contributed by atoms with Crippen molar-refractivity contribution in [3.8, 4) is 0 Å². The van der Waals surface area contributed by atoms with Crippen molar-refractivity contribution in [1.82, 2.24) is 10.2 Å². The normalized spacial score (nSPS) is 10.6. The van der Waals surface area contributed by atoms with Gasteiger partial charge in [-0.1, -0.05) is 54.6 Å². The molecule has 25 heavy (non-hydrogen) atoms. The lowest BCUT2D eigenvalue weighted by Crippen LogP contribution is -2.43. The van der Waals surface area contributed by atoms with Crippen molar-refractivity contribution in [2.24, 2.45) is 0 Å². The fourth-order valence-electron chi connectivity index (χ4n) is 2.66. The highest BCUT2D eigenvalue weighted by atomic mass is 16.2. The minimum atomic E-state index is -0.133. The molecule has 2 rings (SSSR count). The molecule has 0 radical (unpaired) electrons. The Balaban J connectivity index is 1.90. The maximum absolute atomic E-state index is 12.5. The van der Waals surface area contributed by atoms with Crippen molar-refractivity contribution in [2.45, 2.75) is 39.8 Å². The summed E-state index contributed by atoms with van der Waals surface area (Å²) in [5.41, 5.74) is 3.14. The van der Waals surface area contributed by atoms with Gasteiger partial charge >= 0.3 is 0 Å². The molecule has 0 saturated heterocycles. The van der Waals surface area contributed by atoms with Crippen molar-refractivity contribution < 1.29 is 9.59 Å². The van der Waals surface area contributed by atoms with Crippen LogP contribution in [0.3, 0.4) is 0 Å². The molecule has 0 bridgehead atoms. The third-order valence-corrected chi connectivity index (χ3v) is 4.19. The highest BCUT2D eigenvalue weighted by Gasteiger charge is 2.18. The second kappa shape index (κ2) is 9.02. The zero-order valence-corrected chi connectivity index (χ0v) is 15.2. The van der Waals surface area contributed by atoms with E-state index in [4.69, 9.17) is 0 Å². The van der Waals surface area contributed by atoms with Crippen LogP contribution in [-0.4, -0.2) is 29.3 Å². The summed E-state index contributed by atoms with van der Waals surface area (Å²) in [6.07, 6.45) is 0.292. The molecule has 2 aromatic rings. The summed E-state index contributed by atoms with van der Waals surface area (Å²) >= 11 is 0. The van der Waals surface area contributed by atoms with Gasteiger partial charge in [0.15, 0.2) is 0 Å². The molecule has 4 nitrogen and oxygen atoms in total. The first-order chi connectivity index (χ1) is 12.0. The minimum absolute atomic E-state index is 0.0235. The molecule has 132 valence electrons. The number of carbonyl (C=O) groups is 2. The highest BCUT2D eigenvalue weighted by Crippen LogP contribution is 2.09. The summed E-state index contributed by atoms with van der Waals surface area (Å²) in [6.45, 7) is 6.51. The molecule has 0 fully saturated rings. The number of aryl methyl sites for hydroxylation is 1. The first kappa shape index (κ1) is 18.7. The van der Waals surface area contributed by atoms with E-state index in [0.29, 0.717) is 13.0 Å². The van der Waals surface area contributed by atoms with Crippen molar-refractivity contribution in [3.63, 3.8) is 0 Å². The van der Waals surface area contributed by atoms with E-state index in [2.05, 4.69) is 5.32 Å². The van der Waals surface area contributed by atoms with E-state index < -0.39 is 0 Å². The summed E-state index contributed by atoms with van der Waals surface area (Å²) < 4.78 is 0. The van der Waals surface area contributed by atoms with Crippen molar-refractivity contribution >= 4 is 11.8 Å². The van der Waals surface area contributed by atoms with Crippen LogP contribution in [0.1, 0.15) is 30.5 Å². The molecule has 0 spiro atoms. The number of amides is 2. The molecule has 0 aliphatic carbocycles.